The Morgan fingerprint density at radius 1 is 1.26 bits per heavy atom. The van der Waals surface area contributed by atoms with E-state index < -0.39 is 17.7 Å². The van der Waals surface area contributed by atoms with E-state index in [0.717, 1.165) is 31.5 Å². The number of hydrogen-bond donors (Lipinski definition) is 2. The summed E-state index contributed by atoms with van der Waals surface area (Å²) in [5.41, 5.74) is 0.635. The number of nitrogens with one attached hydrogen (secondary N) is 2. The minimum absolute atomic E-state index is 0.0797. The van der Waals surface area contributed by atoms with E-state index in [1.165, 1.54) is 6.39 Å². The van der Waals surface area contributed by atoms with Gasteiger partial charge in [-0.25, -0.2) is 9.78 Å². The van der Waals surface area contributed by atoms with E-state index in [4.69, 9.17) is 13.9 Å². The van der Waals surface area contributed by atoms with Gasteiger partial charge in [0.05, 0.1) is 18.9 Å². The van der Waals surface area contributed by atoms with Gasteiger partial charge in [0.2, 0.25) is 5.91 Å². The fraction of sp³-hybridized carbons (Fsp3) is 0.577. The van der Waals surface area contributed by atoms with Crippen molar-refractivity contribution in [2.45, 2.75) is 71.6 Å². The number of rotatable bonds is 8. The Morgan fingerprint density at radius 2 is 1.97 bits per heavy atom. The highest BCUT2D eigenvalue weighted by molar-refractivity contribution is 5.97. The van der Waals surface area contributed by atoms with E-state index >= 15 is 0 Å². The zero-order valence-corrected chi connectivity index (χ0v) is 21.6. The predicted molar refractivity (Wildman–Crippen MR) is 134 cm³/mol. The average Bonchev–Trinajstić information content (AvgIpc) is 3.32. The quantitative estimate of drug-likeness (QED) is 0.557. The second-order valence-electron chi connectivity index (χ2n) is 10.3. The van der Waals surface area contributed by atoms with Gasteiger partial charge in [0.1, 0.15) is 17.4 Å². The van der Waals surface area contributed by atoms with Crippen LogP contribution in [0, 0.1) is 5.92 Å². The highest BCUT2D eigenvalue weighted by atomic mass is 16.6. The lowest BCUT2D eigenvalue weighted by molar-refractivity contribution is -0.123. The van der Waals surface area contributed by atoms with Crippen molar-refractivity contribution in [3.05, 3.63) is 30.8 Å². The van der Waals surface area contributed by atoms with E-state index in [2.05, 4.69) is 15.6 Å². The first kappa shape index (κ1) is 26.5. The summed E-state index contributed by atoms with van der Waals surface area (Å²) in [5, 5.41) is 6.33. The summed E-state index contributed by atoms with van der Waals surface area (Å²) in [4.78, 5) is 32.7. The minimum Gasteiger partial charge on any atom is -0.496 e. The molecular formula is C26H38N4O5. The van der Waals surface area contributed by atoms with Crippen LogP contribution in [0.4, 0.5) is 10.5 Å². The molecule has 1 fully saturated rings. The molecule has 2 N–H and O–H groups in total. The molecule has 0 spiro atoms. The van der Waals surface area contributed by atoms with Crippen molar-refractivity contribution >= 4 is 17.7 Å². The summed E-state index contributed by atoms with van der Waals surface area (Å²) < 4.78 is 16.7. The number of anilines is 1. The molecule has 1 aliphatic rings. The molecular weight excluding hydrogens is 448 g/mol. The van der Waals surface area contributed by atoms with Gasteiger partial charge in [-0.2, -0.15) is 0 Å². The number of nitrogens with zero attached hydrogens (tertiary/aromatic N) is 2. The molecule has 3 rings (SSSR count). The third kappa shape index (κ3) is 7.21. The molecule has 0 saturated carbocycles. The molecule has 1 unspecified atom stereocenters. The molecule has 2 heterocycles. The van der Waals surface area contributed by atoms with E-state index in [9.17, 15) is 9.59 Å². The zero-order chi connectivity index (χ0) is 25.6. The van der Waals surface area contributed by atoms with Crippen LogP contribution in [-0.2, 0) is 9.53 Å². The Balaban J connectivity index is 1.89. The van der Waals surface area contributed by atoms with E-state index in [-0.39, 0.29) is 17.9 Å². The topological polar surface area (TPSA) is 106 Å². The maximum atomic E-state index is 13.7. The van der Waals surface area contributed by atoms with Crippen LogP contribution in [0.1, 0.15) is 53.9 Å². The van der Waals surface area contributed by atoms with Gasteiger partial charge in [0, 0.05) is 17.8 Å². The third-order valence-corrected chi connectivity index (χ3v) is 5.81. The number of piperidine rings is 1. The Morgan fingerprint density at radius 3 is 2.54 bits per heavy atom. The lowest BCUT2D eigenvalue weighted by Crippen LogP contribution is -2.56. The second kappa shape index (κ2) is 11.6. The minimum atomic E-state index is -0.673. The van der Waals surface area contributed by atoms with Gasteiger partial charge >= 0.3 is 6.09 Å². The first-order valence-corrected chi connectivity index (χ1v) is 12.2. The Labute approximate surface area is 207 Å². The lowest BCUT2D eigenvalue weighted by atomic mass is 9.97. The van der Waals surface area contributed by atoms with E-state index in [1.807, 2.05) is 40.7 Å². The molecule has 0 bridgehead atoms. The maximum absolute atomic E-state index is 13.7. The van der Waals surface area contributed by atoms with Crippen molar-refractivity contribution in [2.75, 3.05) is 25.5 Å². The standard InChI is InChI=1S/C26H38N4O5/c1-17(2)13-21(30(19-9-11-27-12-10-19)25(32)35-26(3,4)5)24(31)29-18-7-8-20(22(14-18)33-6)23-15-28-16-34-23/h7-8,14-17,19,21,27H,9-13H2,1-6H3,(H,29,31). The van der Waals surface area contributed by atoms with Crippen LogP contribution in [0.3, 0.4) is 0 Å². The summed E-state index contributed by atoms with van der Waals surface area (Å²) in [5.74, 6) is 1.06. The molecule has 2 amide bonds. The molecule has 0 aliphatic carbocycles. The molecule has 9 nitrogen and oxygen atoms in total. The highest BCUT2D eigenvalue weighted by Crippen LogP contribution is 2.33. The van der Waals surface area contributed by atoms with Crippen molar-refractivity contribution in [1.29, 1.82) is 0 Å². The van der Waals surface area contributed by atoms with Crippen molar-refractivity contribution in [3.8, 4) is 17.1 Å². The molecule has 1 aliphatic heterocycles. The molecule has 1 saturated heterocycles. The zero-order valence-electron chi connectivity index (χ0n) is 21.6. The first-order chi connectivity index (χ1) is 16.6. The van der Waals surface area contributed by atoms with Crippen LogP contribution in [0.5, 0.6) is 5.75 Å². The average molecular weight is 487 g/mol. The van der Waals surface area contributed by atoms with Crippen LogP contribution >= 0.6 is 0 Å². The monoisotopic (exact) mass is 486 g/mol. The maximum Gasteiger partial charge on any atom is 0.411 e. The number of carbonyl (C=O) groups excluding carboxylic acids is 2. The number of methoxy groups -OCH3 is 1. The summed E-state index contributed by atoms with van der Waals surface area (Å²) in [6, 6.07) is 4.58. The number of amides is 2. The molecule has 2 aromatic rings. The van der Waals surface area contributed by atoms with Gasteiger partial charge in [-0.15, -0.1) is 0 Å². The summed E-state index contributed by atoms with van der Waals surface area (Å²) in [6.07, 6.45) is 4.55. The van der Waals surface area contributed by atoms with Crippen molar-refractivity contribution in [3.63, 3.8) is 0 Å². The number of benzene rings is 1. The number of hydrogen-bond acceptors (Lipinski definition) is 7. The number of carbonyl (C=O) groups is 2. The normalized spacial score (nSPS) is 15.5. The molecule has 1 aromatic heterocycles. The molecule has 0 radical (unpaired) electrons. The molecule has 35 heavy (non-hydrogen) atoms. The molecule has 192 valence electrons. The predicted octanol–water partition coefficient (Wildman–Crippen LogP) is 4.69. The van der Waals surface area contributed by atoms with Gasteiger partial charge in [-0.05, 0) is 71.2 Å². The van der Waals surface area contributed by atoms with E-state index in [0.29, 0.717) is 23.6 Å². The fourth-order valence-corrected chi connectivity index (χ4v) is 4.27. The van der Waals surface area contributed by atoms with Gasteiger partial charge in [-0.3, -0.25) is 9.69 Å². The van der Waals surface area contributed by atoms with Gasteiger partial charge < -0.3 is 24.5 Å². The SMILES string of the molecule is COc1cc(NC(=O)C(CC(C)C)N(C(=O)OC(C)(C)C)C2CCNCC2)ccc1-c1cnco1. The Bertz CT molecular complexity index is 978. The Kier molecular flexibility index (Phi) is 8.77. The molecule has 1 aromatic carbocycles. The molecule has 9 heteroatoms. The number of aromatic nitrogens is 1. The smallest absolute Gasteiger partial charge is 0.411 e. The van der Waals surface area contributed by atoms with E-state index in [1.54, 1.807) is 30.3 Å². The van der Waals surface area contributed by atoms with Crippen LogP contribution in [0.2, 0.25) is 0 Å². The van der Waals surface area contributed by atoms with Gasteiger partial charge in [-0.1, -0.05) is 13.8 Å². The third-order valence-electron chi connectivity index (χ3n) is 5.81. The number of oxazole rings is 1. The second-order valence-corrected chi connectivity index (χ2v) is 10.3. The summed E-state index contributed by atoms with van der Waals surface area (Å²) in [7, 11) is 1.56. The van der Waals surface area contributed by atoms with Crippen LogP contribution in [-0.4, -0.2) is 59.8 Å². The fourth-order valence-electron chi connectivity index (χ4n) is 4.27. The Hall–Kier alpha value is -3.07. The largest absolute Gasteiger partial charge is 0.496 e. The first-order valence-electron chi connectivity index (χ1n) is 12.2. The molecule has 1 atom stereocenters. The highest BCUT2D eigenvalue weighted by Gasteiger charge is 2.38. The summed E-state index contributed by atoms with van der Waals surface area (Å²) >= 11 is 0. The van der Waals surface area contributed by atoms with Crippen LogP contribution in [0.25, 0.3) is 11.3 Å². The number of ether oxygens (including phenoxy) is 2. The van der Waals surface area contributed by atoms with Gasteiger partial charge in [0.15, 0.2) is 12.2 Å². The summed E-state index contributed by atoms with van der Waals surface area (Å²) in [6.45, 7) is 11.2. The van der Waals surface area contributed by atoms with Crippen molar-refractivity contribution in [2.24, 2.45) is 5.92 Å². The van der Waals surface area contributed by atoms with Crippen LogP contribution < -0.4 is 15.4 Å². The van der Waals surface area contributed by atoms with Crippen LogP contribution in [0.15, 0.2) is 35.2 Å². The van der Waals surface area contributed by atoms with Crippen molar-refractivity contribution < 1.29 is 23.5 Å². The lowest BCUT2D eigenvalue weighted by Gasteiger charge is -2.40. The van der Waals surface area contributed by atoms with Crippen molar-refractivity contribution in [1.82, 2.24) is 15.2 Å². The van der Waals surface area contributed by atoms with Gasteiger partial charge in [0.25, 0.3) is 0 Å².